The van der Waals surface area contributed by atoms with Crippen LogP contribution in [0.3, 0.4) is 0 Å². The maximum Gasteiger partial charge on any atom is 0.269 e. The molecule has 1 fully saturated rings. The molecular weight excluding hydrogens is 520 g/mol. The van der Waals surface area contributed by atoms with Crippen molar-refractivity contribution in [3.05, 3.63) is 106 Å². The van der Waals surface area contributed by atoms with Crippen LogP contribution in [0.2, 0.25) is 0 Å². The van der Waals surface area contributed by atoms with Crippen molar-refractivity contribution in [1.82, 2.24) is 5.01 Å². The van der Waals surface area contributed by atoms with Crippen LogP contribution in [0.4, 0.5) is 11.4 Å². The van der Waals surface area contributed by atoms with Crippen LogP contribution in [-0.4, -0.2) is 37.1 Å². The third-order valence-electron chi connectivity index (χ3n) is 9.65. The van der Waals surface area contributed by atoms with Crippen LogP contribution in [0.25, 0.3) is 6.08 Å². The van der Waals surface area contributed by atoms with Crippen LogP contribution >= 0.6 is 0 Å². The van der Waals surface area contributed by atoms with Crippen molar-refractivity contribution >= 4 is 23.4 Å². The lowest BCUT2D eigenvalue weighted by Crippen LogP contribution is -2.52. The minimum absolute atomic E-state index is 0.150. The normalized spacial score (nSPS) is 22.3. The number of allylic oxidation sites excluding steroid dienone is 1. The number of rotatable bonds is 5. The van der Waals surface area contributed by atoms with E-state index in [1.165, 1.54) is 30.0 Å². The van der Waals surface area contributed by atoms with E-state index in [9.17, 15) is 4.79 Å². The Bertz CT molecular complexity index is 1580. The fourth-order valence-corrected chi connectivity index (χ4v) is 7.55. The first-order chi connectivity index (χ1) is 20.6. The van der Waals surface area contributed by atoms with Crippen LogP contribution in [0.5, 0.6) is 5.75 Å². The summed E-state index contributed by atoms with van der Waals surface area (Å²) in [4.78, 5) is 18.5. The molecule has 1 amide bonds. The maximum absolute atomic E-state index is 13.7. The summed E-state index contributed by atoms with van der Waals surface area (Å²) >= 11 is 0. The van der Waals surface area contributed by atoms with Gasteiger partial charge in [-0.3, -0.25) is 9.80 Å². The Morgan fingerprint density at radius 1 is 0.905 bits per heavy atom. The molecule has 3 aromatic carbocycles. The molecule has 2 N–H and O–H groups in total. The Hall–Kier alpha value is -4.03. The number of amides is 1. The second kappa shape index (κ2) is 10.7. The third-order valence-corrected chi connectivity index (χ3v) is 9.65. The number of carbonyl (C=O) groups excluding carboxylic acids is 1. The van der Waals surface area contributed by atoms with Gasteiger partial charge in [0.1, 0.15) is 17.0 Å². The fourth-order valence-electron chi connectivity index (χ4n) is 7.55. The van der Waals surface area contributed by atoms with Gasteiger partial charge in [0, 0.05) is 65.9 Å². The first-order valence-corrected chi connectivity index (χ1v) is 15.6. The van der Waals surface area contributed by atoms with Crippen molar-refractivity contribution in [3.8, 4) is 5.75 Å². The Morgan fingerprint density at radius 3 is 2.43 bits per heavy atom. The molecular formula is C36H40N4O2. The van der Waals surface area contributed by atoms with E-state index < -0.39 is 5.54 Å². The van der Waals surface area contributed by atoms with Crippen molar-refractivity contribution in [2.45, 2.75) is 57.9 Å². The molecule has 7 rings (SSSR count). The number of ether oxygens (including phenoxy) is 1. The lowest BCUT2D eigenvalue weighted by Gasteiger charge is -2.45. The average molecular weight is 561 g/mol. The summed E-state index contributed by atoms with van der Waals surface area (Å²) in [7, 11) is 0. The van der Waals surface area contributed by atoms with Gasteiger partial charge in [0.15, 0.2) is 0 Å². The van der Waals surface area contributed by atoms with E-state index in [2.05, 4.69) is 78.3 Å². The molecule has 42 heavy (non-hydrogen) atoms. The standard InChI is InChI=1S/C36H40N4O2/c1-3-38(4-2)28-19-20-31-33(24-28)42-34-26(23-25-15-17-27(18-16-25)39-21-8-5-9-22-39)11-10-14-32(34)36(31)30-13-7-6-12-29(30)35(41)40(36)37/h6-7,12-13,15-20,23-24H,3-5,8-11,14,21-22,37H2,1-2H3/b26-23+. The van der Waals surface area contributed by atoms with E-state index in [1.807, 2.05) is 18.2 Å². The van der Waals surface area contributed by atoms with E-state index >= 15 is 0 Å². The Labute approximate surface area is 249 Å². The van der Waals surface area contributed by atoms with Crippen molar-refractivity contribution in [2.75, 3.05) is 36.0 Å². The van der Waals surface area contributed by atoms with Gasteiger partial charge in [-0.25, -0.2) is 5.84 Å². The summed E-state index contributed by atoms with van der Waals surface area (Å²) in [5.41, 5.74) is 7.45. The lowest BCUT2D eigenvalue weighted by molar-refractivity contribution is 0.0648. The molecule has 1 saturated heterocycles. The average Bonchev–Trinajstić information content (AvgIpc) is 3.26. The quantitative estimate of drug-likeness (QED) is 0.269. The largest absolute Gasteiger partial charge is 0.457 e. The molecule has 6 nitrogen and oxygen atoms in total. The molecule has 1 atom stereocenters. The topological polar surface area (TPSA) is 62.0 Å². The number of benzene rings is 3. The molecule has 3 aromatic rings. The summed E-state index contributed by atoms with van der Waals surface area (Å²) in [5, 5.41) is 1.47. The van der Waals surface area contributed by atoms with Crippen molar-refractivity contribution in [2.24, 2.45) is 5.84 Å². The molecule has 3 heterocycles. The van der Waals surface area contributed by atoms with Crippen molar-refractivity contribution in [1.29, 1.82) is 0 Å². The maximum atomic E-state index is 13.7. The Kier molecular flexibility index (Phi) is 6.82. The van der Waals surface area contributed by atoms with Gasteiger partial charge in [-0.1, -0.05) is 36.4 Å². The Balaban J connectivity index is 1.37. The van der Waals surface area contributed by atoms with Crippen molar-refractivity contribution in [3.63, 3.8) is 0 Å². The first-order valence-electron chi connectivity index (χ1n) is 15.6. The molecule has 0 bridgehead atoms. The molecule has 0 radical (unpaired) electrons. The number of piperidine rings is 1. The second-order valence-electron chi connectivity index (χ2n) is 11.9. The summed E-state index contributed by atoms with van der Waals surface area (Å²) in [6, 6.07) is 23.2. The smallest absolute Gasteiger partial charge is 0.269 e. The minimum Gasteiger partial charge on any atom is -0.457 e. The Morgan fingerprint density at radius 2 is 1.67 bits per heavy atom. The number of anilines is 2. The molecule has 6 heteroatoms. The predicted molar refractivity (Wildman–Crippen MR) is 170 cm³/mol. The molecule has 0 aromatic heterocycles. The summed E-state index contributed by atoms with van der Waals surface area (Å²) in [6.45, 7) is 8.40. The number of carbonyl (C=O) groups is 1. The number of hydrazine groups is 1. The first kappa shape index (κ1) is 26.8. The molecule has 0 saturated carbocycles. The molecule has 1 spiro atoms. The van der Waals surface area contributed by atoms with Crippen LogP contribution in [0.15, 0.2) is 83.6 Å². The zero-order chi connectivity index (χ0) is 28.8. The van der Waals surface area contributed by atoms with Crippen LogP contribution in [0, 0.1) is 0 Å². The van der Waals surface area contributed by atoms with Crippen LogP contribution in [-0.2, 0) is 5.54 Å². The highest BCUT2D eigenvalue weighted by molar-refractivity contribution is 6.01. The van der Waals surface area contributed by atoms with Gasteiger partial charge in [-0.05, 0) is 93.9 Å². The minimum atomic E-state index is -0.893. The molecule has 216 valence electrons. The van der Waals surface area contributed by atoms with Gasteiger partial charge >= 0.3 is 0 Å². The molecule has 4 aliphatic rings. The molecule has 3 aliphatic heterocycles. The van der Waals surface area contributed by atoms with E-state index in [4.69, 9.17) is 10.6 Å². The number of fused-ring (bicyclic) bond motifs is 5. The van der Waals surface area contributed by atoms with Crippen LogP contribution in [0.1, 0.15) is 79.4 Å². The van der Waals surface area contributed by atoms with Crippen molar-refractivity contribution < 1.29 is 9.53 Å². The monoisotopic (exact) mass is 560 g/mol. The SMILES string of the molecule is CCN(CC)c1ccc2c(c1)OC1=C(CCC/C1=C\c1ccc(N3CCCCC3)cc1)C21c2ccccc2C(=O)N1N. The number of hydrogen-bond donors (Lipinski definition) is 1. The van der Waals surface area contributed by atoms with Gasteiger partial charge in [-0.15, -0.1) is 0 Å². The summed E-state index contributed by atoms with van der Waals surface area (Å²) < 4.78 is 6.89. The van der Waals surface area contributed by atoms with Gasteiger partial charge < -0.3 is 14.5 Å². The predicted octanol–water partition coefficient (Wildman–Crippen LogP) is 7.01. The van der Waals surface area contributed by atoms with E-state index in [1.54, 1.807) is 0 Å². The zero-order valence-corrected chi connectivity index (χ0v) is 24.7. The second-order valence-corrected chi connectivity index (χ2v) is 11.9. The lowest BCUT2D eigenvalue weighted by atomic mass is 9.70. The van der Waals surface area contributed by atoms with Gasteiger partial charge in [0.25, 0.3) is 5.91 Å². The van der Waals surface area contributed by atoms with E-state index in [-0.39, 0.29) is 5.91 Å². The van der Waals surface area contributed by atoms with Crippen LogP contribution < -0.4 is 20.4 Å². The highest BCUT2D eigenvalue weighted by Crippen LogP contribution is 2.57. The molecule has 1 aliphatic carbocycles. The van der Waals surface area contributed by atoms with Gasteiger partial charge in [0.2, 0.25) is 0 Å². The number of nitrogens with zero attached hydrogens (tertiary/aromatic N) is 3. The number of hydrogen-bond acceptors (Lipinski definition) is 5. The van der Waals surface area contributed by atoms with E-state index in [0.717, 1.165) is 90.5 Å². The fraction of sp³-hybridized carbons (Fsp3) is 0.361. The van der Waals surface area contributed by atoms with Gasteiger partial charge in [-0.2, -0.15) is 0 Å². The van der Waals surface area contributed by atoms with Gasteiger partial charge in [0.05, 0.1) is 0 Å². The molecule has 1 unspecified atom stereocenters. The highest BCUT2D eigenvalue weighted by atomic mass is 16.5. The highest BCUT2D eigenvalue weighted by Gasteiger charge is 2.57. The summed E-state index contributed by atoms with van der Waals surface area (Å²) in [5.74, 6) is 8.34. The third kappa shape index (κ3) is 4.07. The summed E-state index contributed by atoms with van der Waals surface area (Å²) in [6.07, 6.45) is 8.83. The number of nitrogens with two attached hydrogens (primary N) is 1. The zero-order valence-electron chi connectivity index (χ0n) is 24.7. The van der Waals surface area contributed by atoms with E-state index in [0.29, 0.717) is 5.56 Å².